The molecule has 0 bridgehead atoms. The van der Waals surface area contributed by atoms with E-state index in [1.807, 2.05) is 0 Å². The predicted octanol–water partition coefficient (Wildman–Crippen LogP) is 4.89. The lowest BCUT2D eigenvalue weighted by Gasteiger charge is -2.39. The molecule has 0 aliphatic carbocycles. The molecule has 0 amide bonds. The zero-order valence-corrected chi connectivity index (χ0v) is 11.4. The van der Waals surface area contributed by atoms with E-state index in [9.17, 15) is 70.7 Å². The van der Waals surface area contributed by atoms with Gasteiger partial charge in [0.25, 0.3) is 5.83 Å². The van der Waals surface area contributed by atoms with E-state index < -0.39 is 53.8 Å². The van der Waals surface area contributed by atoms with Gasteiger partial charge in [-0.3, -0.25) is 0 Å². The summed E-state index contributed by atoms with van der Waals surface area (Å²) < 4.78 is 190. The number of carboxylic acids is 1. The Morgan fingerprint density at radius 1 is 0.704 bits per heavy atom. The monoisotopic (exact) mass is 442 g/mol. The van der Waals surface area contributed by atoms with Gasteiger partial charge in [-0.05, 0) is 0 Å². The van der Waals surface area contributed by atoms with Crippen LogP contribution in [0.2, 0.25) is 0 Å². The van der Waals surface area contributed by atoms with Crippen molar-refractivity contribution < 1.29 is 80.5 Å². The van der Waals surface area contributed by atoms with Gasteiger partial charge >= 0.3 is 48.0 Å². The second-order valence-electron chi connectivity index (χ2n) is 4.32. The highest BCUT2D eigenvalue weighted by Gasteiger charge is 2.90. The van der Waals surface area contributed by atoms with Crippen molar-refractivity contribution in [3.05, 3.63) is 11.9 Å². The van der Waals surface area contributed by atoms with Gasteiger partial charge in [-0.15, -0.1) is 0 Å². The van der Waals surface area contributed by atoms with E-state index in [4.69, 9.17) is 5.11 Å². The van der Waals surface area contributed by atoms with Crippen molar-refractivity contribution in [2.24, 2.45) is 0 Å². The van der Waals surface area contributed by atoms with E-state index in [2.05, 4.69) is 0 Å². The molecule has 0 heterocycles. The van der Waals surface area contributed by atoms with Gasteiger partial charge in [0.15, 0.2) is 0 Å². The lowest BCUT2D eigenvalue weighted by molar-refractivity contribution is -0.468. The third-order valence-electron chi connectivity index (χ3n) is 2.56. The van der Waals surface area contributed by atoms with Crippen LogP contribution < -0.4 is 0 Å². The summed E-state index contributed by atoms with van der Waals surface area (Å²) in [7, 11) is 0. The minimum atomic E-state index is -8.08. The van der Waals surface area contributed by atoms with E-state index >= 15 is 0 Å². The quantitative estimate of drug-likeness (QED) is 0.572. The summed E-state index contributed by atoms with van der Waals surface area (Å²) in [6, 6.07) is 0. The van der Waals surface area contributed by atoms with Crippen molar-refractivity contribution in [2.75, 3.05) is 0 Å². The normalized spacial score (nSPS) is 16.7. The minimum Gasteiger partial charge on any atom is -0.478 e. The van der Waals surface area contributed by atoms with Crippen molar-refractivity contribution >= 4 is 5.97 Å². The number of halogens is 15. The maximum Gasteiger partial charge on any atom is 0.440 e. The van der Waals surface area contributed by atoms with E-state index in [0.29, 0.717) is 0 Å². The molecule has 0 aliphatic heterocycles. The first kappa shape index (κ1) is 25.1. The van der Waals surface area contributed by atoms with Crippen molar-refractivity contribution in [3.63, 3.8) is 0 Å². The van der Waals surface area contributed by atoms with Crippen LogP contribution in [0.25, 0.3) is 0 Å². The van der Waals surface area contributed by atoms with E-state index in [1.54, 1.807) is 0 Å². The Balaban J connectivity index is 6.45. The maximum atomic E-state index is 13.2. The highest BCUT2D eigenvalue weighted by molar-refractivity contribution is 5.80. The van der Waals surface area contributed by atoms with Crippen molar-refractivity contribution in [3.8, 4) is 0 Å². The fourth-order valence-corrected chi connectivity index (χ4v) is 1.21. The summed E-state index contributed by atoms with van der Waals surface area (Å²) in [6.07, 6.45) is -26.2. The Kier molecular flexibility index (Phi) is 6.16. The molecule has 0 saturated heterocycles. The minimum absolute atomic E-state index is 1.45. The summed E-state index contributed by atoms with van der Waals surface area (Å²) in [5, 5.41) is 7.82. The number of carboxylic acid groups (broad SMARTS) is 1. The van der Waals surface area contributed by atoms with E-state index in [-0.39, 0.29) is 0 Å². The first-order valence-corrected chi connectivity index (χ1v) is 5.42. The van der Waals surface area contributed by atoms with Gasteiger partial charge in [-0.25, -0.2) is 13.9 Å². The maximum absolute atomic E-state index is 13.2. The molecule has 0 aromatic carbocycles. The van der Waals surface area contributed by atoms with Crippen LogP contribution in [0.5, 0.6) is 0 Å². The number of aliphatic carboxylic acids is 1. The molecule has 0 spiro atoms. The first-order chi connectivity index (χ1) is 11.5. The largest absolute Gasteiger partial charge is 0.478 e. The van der Waals surface area contributed by atoms with Gasteiger partial charge in [0, 0.05) is 0 Å². The molecule has 0 radical (unpaired) electrons. The second kappa shape index (κ2) is 6.62. The molecular weight excluding hydrogens is 441 g/mol. The second-order valence-corrected chi connectivity index (χ2v) is 4.32. The van der Waals surface area contributed by atoms with Gasteiger partial charge in [0.1, 0.15) is 0 Å². The molecule has 0 fully saturated rings. The summed E-state index contributed by atoms with van der Waals surface area (Å²) in [4.78, 5) is 10.1. The molecular formula is C9HF15O3. The highest BCUT2D eigenvalue weighted by Crippen LogP contribution is 2.58. The average Bonchev–Trinajstić information content (AvgIpc) is 2.41. The van der Waals surface area contributed by atoms with Crippen LogP contribution in [0, 0.1) is 0 Å². The van der Waals surface area contributed by atoms with Crippen LogP contribution in [0.1, 0.15) is 0 Å². The van der Waals surface area contributed by atoms with Crippen molar-refractivity contribution in [1.82, 2.24) is 0 Å². The fourth-order valence-electron chi connectivity index (χ4n) is 1.21. The molecule has 1 unspecified atom stereocenters. The zero-order chi connectivity index (χ0) is 22.4. The smallest absolute Gasteiger partial charge is 0.440 e. The SMILES string of the molecule is O=C(O)C(F)(C(F)(F)F)C(F)(F)C(F)(F)C(F)(F)OC(F)(F)C(F)=C(F)F. The van der Waals surface area contributed by atoms with Gasteiger partial charge in [0.05, 0.1) is 0 Å². The van der Waals surface area contributed by atoms with Gasteiger partial charge in [-0.1, -0.05) is 0 Å². The average molecular weight is 442 g/mol. The predicted molar refractivity (Wildman–Crippen MR) is 48.8 cm³/mol. The Morgan fingerprint density at radius 3 is 1.33 bits per heavy atom. The molecule has 1 atom stereocenters. The number of carbonyl (C=O) groups is 1. The Hall–Kier alpha value is -1.88. The summed E-state index contributed by atoms with van der Waals surface area (Å²) in [5.74, 6) is -25.0. The molecule has 0 aromatic heterocycles. The molecule has 27 heavy (non-hydrogen) atoms. The number of alkyl halides is 12. The molecule has 1 N–H and O–H groups in total. The number of hydrogen-bond acceptors (Lipinski definition) is 2. The van der Waals surface area contributed by atoms with Crippen molar-refractivity contribution in [2.45, 2.75) is 35.9 Å². The Bertz CT molecular complexity index is 617. The van der Waals surface area contributed by atoms with E-state index in [1.165, 1.54) is 4.74 Å². The molecule has 0 rings (SSSR count). The summed E-state index contributed by atoms with van der Waals surface area (Å²) >= 11 is 0. The lowest BCUT2D eigenvalue weighted by atomic mass is 9.91. The van der Waals surface area contributed by atoms with Crippen LogP contribution in [0.4, 0.5) is 65.9 Å². The first-order valence-electron chi connectivity index (χ1n) is 5.42. The molecule has 3 nitrogen and oxygen atoms in total. The third kappa shape index (κ3) is 3.75. The fraction of sp³-hybridized carbons (Fsp3) is 0.667. The van der Waals surface area contributed by atoms with Crippen LogP contribution in [-0.2, 0) is 9.53 Å². The molecule has 0 aliphatic rings. The number of rotatable bonds is 7. The van der Waals surface area contributed by atoms with Gasteiger partial charge in [-0.2, -0.15) is 61.5 Å². The number of hydrogen-bond donors (Lipinski definition) is 1. The third-order valence-corrected chi connectivity index (χ3v) is 2.56. The summed E-state index contributed by atoms with van der Waals surface area (Å²) in [5.41, 5.74) is -7.49. The standard InChI is InChI=1S/C9HF15O3/c10-1(2(11)12)5(14,15)27-9(23,24)7(18,19)6(16,17)4(13,3(25)26)8(20,21)22/h(H,25,26). The number of ether oxygens (including phenoxy) is 1. The highest BCUT2D eigenvalue weighted by atomic mass is 19.4. The van der Waals surface area contributed by atoms with Gasteiger partial charge < -0.3 is 5.11 Å². The van der Waals surface area contributed by atoms with Crippen LogP contribution in [-0.4, -0.2) is 47.0 Å². The molecule has 160 valence electrons. The van der Waals surface area contributed by atoms with Crippen LogP contribution in [0.3, 0.4) is 0 Å². The molecule has 0 aromatic rings. The zero-order valence-electron chi connectivity index (χ0n) is 11.4. The Morgan fingerprint density at radius 2 is 1.07 bits per heavy atom. The molecule has 0 saturated carbocycles. The van der Waals surface area contributed by atoms with Crippen LogP contribution in [0.15, 0.2) is 11.9 Å². The van der Waals surface area contributed by atoms with E-state index in [0.717, 1.165) is 0 Å². The van der Waals surface area contributed by atoms with Crippen LogP contribution >= 0.6 is 0 Å². The molecule has 18 heteroatoms. The lowest BCUT2D eigenvalue weighted by Crippen LogP contribution is -2.71. The topological polar surface area (TPSA) is 46.5 Å². The summed E-state index contributed by atoms with van der Waals surface area (Å²) in [6.45, 7) is 0. The van der Waals surface area contributed by atoms with Crippen molar-refractivity contribution in [1.29, 1.82) is 0 Å². The van der Waals surface area contributed by atoms with Gasteiger partial charge in [0.2, 0.25) is 0 Å². The Labute approximate surface area is 136 Å².